The van der Waals surface area contributed by atoms with E-state index in [4.69, 9.17) is 13.4 Å². The zero-order valence-electron chi connectivity index (χ0n) is 14.2. The molecule has 1 saturated heterocycles. The van der Waals surface area contributed by atoms with Crippen LogP contribution in [0.5, 0.6) is 5.75 Å². The van der Waals surface area contributed by atoms with Crippen LogP contribution in [-0.4, -0.2) is 25.4 Å². The molecule has 6 heteroatoms. The summed E-state index contributed by atoms with van der Waals surface area (Å²) in [5, 5.41) is 0. The first-order valence-electron chi connectivity index (χ1n) is 7.36. The molecule has 0 aliphatic carbocycles. The summed E-state index contributed by atoms with van der Waals surface area (Å²) in [6.07, 6.45) is 0. The van der Waals surface area contributed by atoms with Crippen LogP contribution in [0.1, 0.15) is 31.8 Å². The molecule has 104 valence electrons. The van der Waals surface area contributed by atoms with Gasteiger partial charge in [0.2, 0.25) is 0 Å². The van der Waals surface area contributed by atoms with Gasteiger partial charge in [0.05, 0.1) is 22.4 Å². The highest BCUT2D eigenvalue weighted by Crippen LogP contribution is 2.36. The topological polar surface area (TPSA) is 27.7 Å². The van der Waals surface area contributed by atoms with Crippen molar-refractivity contribution in [3.8, 4) is 5.75 Å². The number of methoxy groups -OCH3 is 1. The highest BCUT2D eigenvalue weighted by Gasteiger charge is 2.52. The smallest absolute Gasteiger partial charge is 0.494 e. The lowest BCUT2D eigenvalue weighted by atomic mass is 9.78. The highest BCUT2D eigenvalue weighted by molar-refractivity contribution is 6.62. The van der Waals surface area contributed by atoms with Crippen LogP contribution in [0, 0.1) is 11.6 Å². The molecule has 1 fully saturated rings. The van der Waals surface area contributed by atoms with E-state index >= 15 is 0 Å². The summed E-state index contributed by atoms with van der Waals surface area (Å²) < 4.78 is 64.6. The molecule has 2 rings (SSSR count). The zero-order chi connectivity index (χ0) is 16.9. The minimum atomic E-state index is -2.86. The Morgan fingerprint density at radius 3 is 2.21 bits per heavy atom. The van der Waals surface area contributed by atoms with E-state index in [0.29, 0.717) is 6.07 Å². The molecular formula is C13H17BF2O3. The summed E-state index contributed by atoms with van der Waals surface area (Å²) in [6, 6.07) is 1.51. The van der Waals surface area contributed by atoms with Gasteiger partial charge in [0.25, 0.3) is 0 Å². The van der Waals surface area contributed by atoms with Crippen molar-refractivity contribution in [2.45, 2.75) is 38.9 Å². The first-order chi connectivity index (χ1) is 9.82. The lowest BCUT2D eigenvalue weighted by molar-refractivity contribution is 0.00578. The fourth-order valence-electron chi connectivity index (χ4n) is 1.77. The molecule has 1 aromatic rings. The summed E-state index contributed by atoms with van der Waals surface area (Å²) in [4.78, 5) is 0. The average Bonchev–Trinajstić information content (AvgIpc) is 2.50. The van der Waals surface area contributed by atoms with E-state index in [2.05, 4.69) is 4.74 Å². The van der Waals surface area contributed by atoms with Gasteiger partial charge in [-0.15, -0.1) is 0 Å². The molecule has 3 nitrogen and oxygen atoms in total. The van der Waals surface area contributed by atoms with Gasteiger partial charge in [-0.3, -0.25) is 0 Å². The van der Waals surface area contributed by atoms with Gasteiger partial charge >= 0.3 is 7.12 Å². The molecule has 0 atom stereocenters. The summed E-state index contributed by atoms with van der Waals surface area (Å²) in [7, 11) is -3.94. The molecule has 19 heavy (non-hydrogen) atoms. The number of ether oxygens (including phenoxy) is 1. The molecule has 0 spiro atoms. The van der Waals surface area contributed by atoms with Crippen LogP contribution in [0.4, 0.5) is 8.78 Å². The predicted octanol–water partition coefficient (Wildman–Crippen LogP) is 2.27. The Hall–Kier alpha value is -1.14. The molecule has 0 unspecified atom stereocenters. The maximum atomic E-state index is 14.2. The monoisotopic (exact) mass is 273 g/mol. The van der Waals surface area contributed by atoms with Gasteiger partial charge in [0, 0.05) is 11.5 Å². The number of hydrogen-bond acceptors (Lipinski definition) is 3. The molecule has 0 amide bonds. The maximum absolute atomic E-state index is 14.2. The normalized spacial score (nSPS) is 23.7. The Morgan fingerprint density at radius 2 is 1.68 bits per heavy atom. The number of halogens is 2. The lowest BCUT2D eigenvalue weighted by Gasteiger charge is -2.32. The molecule has 1 heterocycles. The molecular weight excluding hydrogens is 253 g/mol. The molecule has 0 N–H and O–H groups in total. The van der Waals surface area contributed by atoms with Crippen molar-refractivity contribution in [1.29, 1.82) is 0 Å². The second kappa shape index (κ2) is 4.46. The fourth-order valence-corrected chi connectivity index (χ4v) is 1.77. The van der Waals surface area contributed by atoms with Crippen LogP contribution in [0.3, 0.4) is 0 Å². The lowest BCUT2D eigenvalue weighted by Crippen LogP contribution is -2.41. The highest BCUT2D eigenvalue weighted by atomic mass is 19.1. The minimum absolute atomic E-state index is 0.144. The molecule has 1 aromatic carbocycles. The van der Waals surface area contributed by atoms with E-state index < -0.39 is 42.7 Å². The Bertz CT molecular complexity index is 575. The van der Waals surface area contributed by atoms with Gasteiger partial charge in [0.1, 0.15) is 5.82 Å². The Balaban J connectivity index is 2.33. The van der Waals surface area contributed by atoms with Crippen LogP contribution in [0.25, 0.3) is 0 Å². The third kappa shape index (κ3) is 2.34. The van der Waals surface area contributed by atoms with Gasteiger partial charge in [-0.2, -0.15) is 0 Å². The molecule has 0 aromatic heterocycles. The second-order valence-electron chi connectivity index (χ2n) is 5.49. The van der Waals surface area contributed by atoms with Gasteiger partial charge in [-0.25, -0.2) is 8.78 Å². The van der Waals surface area contributed by atoms with E-state index in [9.17, 15) is 8.78 Å². The van der Waals surface area contributed by atoms with Crippen LogP contribution >= 0.6 is 0 Å². The second-order valence-corrected chi connectivity index (χ2v) is 5.49. The average molecular weight is 273 g/mol. The Kier molecular flexibility index (Phi) is 2.49. The van der Waals surface area contributed by atoms with Crippen molar-refractivity contribution >= 4 is 12.6 Å². The third-order valence-corrected chi connectivity index (χ3v) is 3.67. The van der Waals surface area contributed by atoms with E-state index in [1.807, 2.05) is 0 Å². The number of hydrogen-bond donors (Lipinski definition) is 0. The quantitative estimate of drug-likeness (QED) is 0.774. The van der Waals surface area contributed by atoms with Gasteiger partial charge in [-0.1, -0.05) is 0 Å². The van der Waals surface area contributed by atoms with Crippen molar-refractivity contribution in [3.63, 3.8) is 0 Å². The van der Waals surface area contributed by atoms with Crippen molar-refractivity contribution in [2.75, 3.05) is 7.04 Å². The zero-order valence-corrected chi connectivity index (χ0v) is 11.2. The number of rotatable bonds is 2. The van der Waals surface area contributed by atoms with Crippen molar-refractivity contribution in [2.24, 2.45) is 0 Å². The molecule has 1 aliphatic rings. The SMILES string of the molecule is [2H]C([2H])([2H])Oc1cc(F)c(B2OC(C)(C)C(C)(C)O2)cc1F. The van der Waals surface area contributed by atoms with Crippen molar-refractivity contribution in [3.05, 3.63) is 23.8 Å². The summed E-state index contributed by atoms with van der Waals surface area (Å²) in [5.74, 6) is -2.54. The number of benzene rings is 1. The standard InChI is InChI=1S/C13H17BF2O3/c1-12(2)13(3,4)19-14(18-12)8-6-10(16)11(17-5)7-9(8)15/h6-7H,1-5H3/i5D3. The Morgan fingerprint density at radius 1 is 1.11 bits per heavy atom. The van der Waals surface area contributed by atoms with Gasteiger partial charge in [-0.05, 0) is 33.8 Å². The summed E-state index contributed by atoms with van der Waals surface area (Å²) in [6.45, 7) is 7.14. The van der Waals surface area contributed by atoms with Crippen LogP contribution in [0.15, 0.2) is 12.1 Å². The largest absolute Gasteiger partial charge is 0.497 e. The first-order valence-corrected chi connectivity index (χ1v) is 5.86. The third-order valence-electron chi connectivity index (χ3n) is 3.67. The van der Waals surface area contributed by atoms with E-state index in [1.165, 1.54) is 0 Å². The fraction of sp³-hybridized carbons (Fsp3) is 0.538. The minimum Gasteiger partial charge on any atom is -0.494 e. The summed E-state index contributed by atoms with van der Waals surface area (Å²) >= 11 is 0. The van der Waals surface area contributed by atoms with Crippen molar-refractivity contribution < 1.29 is 26.9 Å². The first kappa shape index (κ1) is 10.6. The van der Waals surface area contributed by atoms with E-state index in [-0.39, 0.29) is 5.46 Å². The van der Waals surface area contributed by atoms with E-state index in [1.54, 1.807) is 27.7 Å². The van der Waals surface area contributed by atoms with Crippen LogP contribution in [0.2, 0.25) is 0 Å². The molecule has 1 aliphatic heterocycles. The van der Waals surface area contributed by atoms with Crippen molar-refractivity contribution in [1.82, 2.24) is 0 Å². The van der Waals surface area contributed by atoms with Crippen LogP contribution in [-0.2, 0) is 9.31 Å². The van der Waals surface area contributed by atoms with Gasteiger partial charge < -0.3 is 14.0 Å². The van der Waals surface area contributed by atoms with E-state index in [0.717, 1.165) is 6.07 Å². The molecule has 0 radical (unpaired) electrons. The van der Waals surface area contributed by atoms with Crippen LogP contribution < -0.4 is 10.2 Å². The predicted molar refractivity (Wildman–Crippen MR) is 68.6 cm³/mol. The molecule has 0 saturated carbocycles. The summed E-state index contributed by atoms with van der Waals surface area (Å²) in [5.41, 5.74) is -1.54. The van der Waals surface area contributed by atoms with Gasteiger partial charge in [0.15, 0.2) is 11.6 Å². The molecule has 0 bridgehead atoms. The Labute approximate surface area is 116 Å². The maximum Gasteiger partial charge on any atom is 0.497 e.